The lowest BCUT2D eigenvalue weighted by molar-refractivity contribution is -0.139. The average molecular weight is 250 g/mol. The molecule has 1 atom stereocenters. The average Bonchev–Trinajstić information content (AvgIpc) is 2.29. The summed E-state index contributed by atoms with van der Waals surface area (Å²) in [6.45, 7) is 6.64. The molecule has 0 saturated heterocycles. The Morgan fingerprint density at radius 2 is 1.83 bits per heavy atom. The maximum atomic E-state index is 11.0. The van der Waals surface area contributed by atoms with Crippen molar-refractivity contribution in [2.45, 2.75) is 26.8 Å². The molecule has 0 heterocycles. The molecule has 1 unspecified atom stereocenters. The van der Waals surface area contributed by atoms with Gasteiger partial charge in [0.2, 0.25) is 0 Å². The molecule has 0 aliphatic rings. The summed E-state index contributed by atoms with van der Waals surface area (Å²) in [7, 11) is 3.59. The molecule has 1 aromatic rings. The van der Waals surface area contributed by atoms with Gasteiger partial charge in [-0.2, -0.15) is 0 Å². The van der Waals surface area contributed by atoms with Crippen molar-refractivity contribution in [1.29, 1.82) is 0 Å². The summed E-state index contributed by atoms with van der Waals surface area (Å²) >= 11 is 0. The lowest BCUT2D eigenvalue weighted by atomic mass is 10.0. The quantitative estimate of drug-likeness (QED) is 0.835. The lowest BCUT2D eigenvalue weighted by Gasteiger charge is -2.25. The van der Waals surface area contributed by atoms with Crippen LogP contribution in [0.25, 0.3) is 0 Å². The van der Waals surface area contributed by atoms with Crippen LogP contribution in [0.3, 0.4) is 0 Å². The van der Waals surface area contributed by atoms with E-state index in [-0.39, 0.29) is 0 Å². The number of aryl methyl sites for hydroxylation is 3. The van der Waals surface area contributed by atoms with Gasteiger partial charge in [-0.25, -0.2) is 0 Å². The van der Waals surface area contributed by atoms with Crippen molar-refractivity contribution in [3.63, 3.8) is 0 Å². The van der Waals surface area contributed by atoms with Crippen LogP contribution in [0, 0.1) is 20.8 Å². The van der Waals surface area contributed by atoms with Crippen molar-refractivity contribution in [3.05, 3.63) is 28.8 Å². The fourth-order valence-electron chi connectivity index (χ4n) is 2.02. The molecule has 1 aromatic carbocycles. The molecular weight excluding hydrogens is 228 g/mol. The molecule has 18 heavy (non-hydrogen) atoms. The minimum Gasteiger partial charge on any atom is -0.480 e. The number of benzene rings is 1. The van der Waals surface area contributed by atoms with Crippen molar-refractivity contribution >= 4 is 11.7 Å². The summed E-state index contributed by atoms with van der Waals surface area (Å²) < 4.78 is 0. The van der Waals surface area contributed by atoms with Gasteiger partial charge in [0.05, 0.1) is 0 Å². The third-order valence-electron chi connectivity index (χ3n) is 3.33. The normalized spacial score (nSPS) is 12.3. The SMILES string of the molecule is CNC(CN(C)c1cc(C)c(C)cc1C)C(=O)O. The summed E-state index contributed by atoms with van der Waals surface area (Å²) in [5.41, 5.74) is 4.73. The summed E-state index contributed by atoms with van der Waals surface area (Å²) in [6, 6.07) is 3.69. The zero-order chi connectivity index (χ0) is 13.9. The van der Waals surface area contributed by atoms with Crippen molar-refractivity contribution in [2.24, 2.45) is 0 Å². The van der Waals surface area contributed by atoms with Crippen LogP contribution in [-0.2, 0) is 4.79 Å². The number of nitrogens with one attached hydrogen (secondary N) is 1. The van der Waals surface area contributed by atoms with Crippen LogP contribution in [0.5, 0.6) is 0 Å². The number of carboxylic acids is 1. The van der Waals surface area contributed by atoms with Crippen LogP contribution in [0.2, 0.25) is 0 Å². The minimum absolute atomic E-state index is 0.440. The van der Waals surface area contributed by atoms with E-state index < -0.39 is 12.0 Å². The van der Waals surface area contributed by atoms with Gasteiger partial charge in [-0.1, -0.05) is 6.07 Å². The Kier molecular flexibility index (Phi) is 4.73. The summed E-state index contributed by atoms with van der Waals surface area (Å²) in [4.78, 5) is 13.0. The van der Waals surface area contributed by atoms with E-state index in [4.69, 9.17) is 5.11 Å². The summed E-state index contributed by atoms with van der Waals surface area (Å²) in [5.74, 6) is -0.828. The Morgan fingerprint density at radius 3 is 2.33 bits per heavy atom. The molecule has 100 valence electrons. The van der Waals surface area contributed by atoms with E-state index in [0.717, 1.165) is 5.69 Å². The molecule has 2 N–H and O–H groups in total. The zero-order valence-corrected chi connectivity index (χ0v) is 11.7. The fraction of sp³-hybridized carbons (Fsp3) is 0.500. The van der Waals surface area contributed by atoms with Gasteiger partial charge in [0.15, 0.2) is 0 Å². The lowest BCUT2D eigenvalue weighted by Crippen LogP contribution is -2.43. The first kappa shape index (κ1) is 14.5. The highest BCUT2D eigenvalue weighted by atomic mass is 16.4. The van der Waals surface area contributed by atoms with Crippen molar-refractivity contribution in [1.82, 2.24) is 5.32 Å². The van der Waals surface area contributed by atoms with Crippen LogP contribution in [0.1, 0.15) is 16.7 Å². The number of likely N-dealkylation sites (N-methyl/N-ethyl adjacent to an activating group) is 2. The first-order valence-electron chi connectivity index (χ1n) is 6.06. The number of hydrogen-bond acceptors (Lipinski definition) is 3. The Bertz CT molecular complexity index is 444. The number of aliphatic carboxylic acids is 1. The Hall–Kier alpha value is -1.55. The number of carboxylic acid groups (broad SMARTS) is 1. The molecule has 0 amide bonds. The molecule has 0 aliphatic heterocycles. The largest absolute Gasteiger partial charge is 0.480 e. The predicted molar refractivity (Wildman–Crippen MR) is 74.4 cm³/mol. The van der Waals surface area contributed by atoms with Gasteiger partial charge in [-0.15, -0.1) is 0 Å². The van der Waals surface area contributed by atoms with Gasteiger partial charge < -0.3 is 15.3 Å². The monoisotopic (exact) mass is 250 g/mol. The van der Waals surface area contributed by atoms with Crippen molar-refractivity contribution in [2.75, 3.05) is 25.5 Å². The molecule has 0 aromatic heterocycles. The minimum atomic E-state index is -0.828. The number of nitrogens with zero attached hydrogens (tertiary/aromatic N) is 1. The van der Waals surface area contributed by atoms with E-state index >= 15 is 0 Å². The molecule has 1 rings (SSSR count). The number of carbonyl (C=O) groups is 1. The van der Waals surface area contributed by atoms with Gasteiger partial charge in [-0.05, 0) is 50.6 Å². The highest BCUT2D eigenvalue weighted by molar-refractivity contribution is 5.74. The smallest absolute Gasteiger partial charge is 0.322 e. The summed E-state index contributed by atoms with van der Waals surface area (Å²) in [6.07, 6.45) is 0. The van der Waals surface area contributed by atoms with E-state index in [1.54, 1.807) is 7.05 Å². The second kappa shape index (κ2) is 5.87. The fourth-order valence-corrected chi connectivity index (χ4v) is 2.02. The Balaban J connectivity index is 2.93. The van der Waals surface area contributed by atoms with Crippen LogP contribution < -0.4 is 10.2 Å². The van der Waals surface area contributed by atoms with Crippen LogP contribution >= 0.6 is 0 Å². The number of hydrogen-bond donors (Lipinski definition) is 2. The van der Waals surface area contributed by atoms with E-state index in [9.17, 15) is 4.79 Å². The van der Waals surface area contributed by atoms with Gasteiger partial charge >= 0.3 is 5.97 Å². The maximum absolute atomic E-state index is 11.0. The van der Waals surface area contributed by atoms with Crippen LogP contribution in [-0.4, -0.2) is 37.8 Å². The third-order valence-corrected chi connectivity index (χ3v) is 3.33. The van der Waals surface area contributed by atoms with Gasteiger partial charge in [-0.3, -0.25) is 4.79 Å². The molecular formula is C14H22N2O2. The molecule has 0 spiro atoms. The molecule has 4 nitrogen and oxygen atoms in total. The second-order valence-corrected chi connectivity index (χ2v) is 4.78. The van der Waals surface area contributed by atoms with Gasteiger partial charge in [0.25, 0.3) is 0 Å². The molecule has 0 aliphatic carbocycles. The highest BCUT2D eigenvalue weighted by Crippen LogP contribution is 2.23. The Labute approximate surface area is 109 Å². The highest BCUT2D eigenvalue weighted by Gasteiger charge is 2.18. The summed E-state index contributed by atoms with van der Waals surface area (Å²) in [5, 5.41) is 11.9. The number of rotatable bonds is 5. The predicted octanol–water partition coefficient (Wildman–Crippen LogP) is 1.72. The standard InChI is InChI=1S/C14H22N2O2/c1-9-6-11(3)13(7-10(9)2)16(5)8-12(15-4)14(17)18/h6-7,12,15H,8H2,1-5H3,(H,17,18). The molecule has 0 radical (unpaired) electrons. The topological polar surface area (TPSA) is 52.6 Å². The van der Waals surface area contributed by atoms with Crippen LogP contribution in [0.15, 0.2) is 12.1 Å². The molecule has 0 saturated carbocycles. The molecule has 4 heteroatoms. The first-order chi connectivity index (χ1) is 8.36. The first-order valence-corrected chi connectivity index (χ1v) is 6.06. The van der Waals surface area contributed by atoms with Crippen molar-refractivity contribution in [3.8, 4) is 0 Å². The maximum Gasteiger partial charge on any atom is 0.322 e. The van der Waals surface area contributed by atoms with E-state index in [1.165, 1.54) is 16.7 Å². The van der Waals surface area contributed by atoms with Crippen LogP contribution in [0.4, 0.5) is 5.69 Å². The third kappa shape index (κ3) is 3.23. The van der Waals surface area contributed by atoms with E-state index in [1.807, 2.05) is 18.9 Å². The molecule has 0 bridgehead atoms. The molecule has 0 fully saturated rings. The van der Waals surface area contributed by atoms with E-state index in [2.05, 4.69) is 31.3 Å². The number of anilines is 1. The second-order valence-electron chi connectivity index (χ2n) is 4.78. The van der Waals surface area contributed by atoms with E-state index in [0.29, 0.717) is 6.54 Å². The Morgan fingerprint density at radius 1 is 1.28 bits per heavy atom. The van der Waals surface area contributed by atoms with Crippen molar-refractivity contribution < 1.29 is 9.90 Å². The zero-order valence-electron chi connectivity index (χ0n) is 11.7. The van der Waals surface area contributed by atoms with Gasteiger partial charge in [0.1, 0.15) is 6.04 Å². The van der Waals surface area contributed by atoms with Gasteiger partial charge in [0, 0.05) is 19.3 Å².